The van der Waals surface area contributed by atoms with Crippen molar-refractivity contribution in [2.45, 2.75) is 19.6 Å². The van der Waals surface area contributed by atoms with Gasteiger partial charge in [-0.15, -0.1) is 0 Å². The van der Waals surface area contributed by atoms with E-state index in [-0.39, 0.29) is 12.0 Å². The van der Waals surface area contributed by atoms with Crippen molar-refractivity contribution in [1.82, 2.24) is 4.90 Å². The molecule has 1 atom stereocenters. The van der Waals surface area contributed by atoms with Gasteiger partial charge in [-0.2, -0.15) is 0 Å². The Bertz CT molecular complexity index is 414. The third-order valence-electron chi connectivity index (χ3n) is 2.63. The van der Waals surface area contributed by atoms with Crippen LogP contribution in [0.5, 0.6) is 5.75 Å². The highest BCUT2D eigenvalue weighted by atomic mass is 16.5. The van der Waals surface area contributed by atoms with Gasteiger partial charge in [-0.05, 0) is 19.1 Å². The first-order valence-electron chi connectivity index (χ1n) is 5.36. The van der Waals surface area contributed by atoms with Crippen molar-refractivity contribution < 1.29 is 9.53 Å². The van der Waals surface area contributed by atoms with Gasteiger partial charge in [0, 0.05) is 12.1 Å². The van der Waals surface area contributed by atoms with E-state index < -0.39 is 0 Å². The number of benzene rings is 1. The van der Waals surface area contributed by atoms with E-state index in [1.165, 1.54) is 6.08 Å². The van der Waals surface area contributed by atoms with E-state index in [4.69, 9.17) is 4.74 Å². The molecule has 1 amide bonds. The fraction of sp³-hybridized carbons (Fsp3) is 0.308. The molecule has 0 saturated carbocycles. The van der Waals surface area contributed by atoms with Crippen LogP contribution < -0.4 is 4.74 Å². The summed E-state index contributed by atoms with van der Waals surface area (Å²) in [6.45, 7) is 6.66. The molecule has 1 aliphatic heterocycles. The van der Waals surface area contributed by atoms with E-state index in [1.807, 2.05) is 31.2 Å². The number of nitrogens with zero attached hydrogens (tertiary/aromatic N) is 1. The largest absolute Gasteiger partial charge is 0.489 e. The molecule has 0 N–H and O–H groups in total. The number of carbonyl (C=O) groups excluding carboxylic acids is 1. The molecule has 1 aromatic rings. The lowest BCUT2D eigenvalue weighted by molar-refractivity contribution is -0.127. The summed E-state index contributed by atoms with van der Waals surface area (Å²) < 4.78 is 5.75. The number of amides is 1. The van der Waals surface area contributed by atoms with Crippen LogP contribution in [0.2, 0.25) is 0 Å². The molecular formula is C13H15NO2. The molecule has 1 aliphatic rings. The minimum Gasteiger partial charge on any atom is -0.489 e. The first-order valence-corrected chi connectivity index (χ1v) is 5.36. The first kappa shape index (κ1) is 10.7. The zero-order valence-electron chi connectivity index (χ0n) is 9.35. The Balaban J connectivity index is 2.30. The summed E-state index contributed by atoms with van der Waals surface area (Å²) in [5, 5.41) is 0. The maximum absolute atomic E-state index is 11.6. The number of para-hydroxylation sites is 1. The molecule has 0 radical (unpaired) electrons. The molecule has 0 aromatic heterocycles. The fourth-order valence-corrected chi connectivity index (χ4v) is 1.88. The molecule has 2 rings (SSSR count). The second kappa shape index (κ2) is 4.39. The van der Waals surface area contributed by atoms with E-state index in [2.05, 4.69) is 6.58 Å². The van der Waals surface area contributed by atoms with Gasteiger partial charge in [-0.3, -0.25) is 4.79 Å². The highest BCUT2D eigenvalue weighted by Gasteiger charge is 2.21. The lowest BCUT2D eigenvalue weighted by Gasteiger charge is -2.20. The number of fused-ring (bicyclic) bond motifs is 1. The molecule has 0 bridgehead atoms. The summed E-state index contributed by atoms with van der Waals surface area (Å²) in [6.07, 6.45) is 1.35. The molecular weight excluding hydrogens is 202 g/mol. The average Bonchev–Trinajstić information content (AvgIpc) is 2.45. The third kappa shape index (κ3) is 2.08. The standard InChI is InChI=1S/C13H15NO2/c1-3-13(15)14-8-10(2)16-12-7-5-4-6-11(12)9-14/h3-7,10H,1,8-9H2,2H3. The molecule has 1 unspecified atom stereocenters. The Kier molecular flexibility index (Phi) is 2.95. The predicted molar refractivity (Wildman–Crippen MR) is 62.1 cm³/mol. The fourth-order valence-electron chi connectivity index (χ4n) is 1.88. The van der Waals surface area contributed by atoms with Crippen LogP contribution in [0.3, 0.4) is 0 Å². The van der Waals surface area contributed by atoms with Crippen molar-refractivity contribution in [3.05, 3.63) is 42.5 Å². The van der Waals surface area contributed by atoms with E-state index >= 15 is 0 Å². The minimum absolute atomic E-state index is 0.00699. The van der Waals surface area contributed by atoms with Crippen LogP contribution in [0.1, 0.15) is 12.5 Å². The van der Waals surface area contributed by atoms with E-state index in [0.29, 0.717) is 13.1 Å². The Morgan fingerprint density at radius 2 is 2.31 bits per heavy atom. The highest BCUT2D eigenvalue weighted by molar-refractivity contribution is 5.87. The SMILES string of the molecule is C=CC(=O)N1Cc2ccccc2OC(C)C1. The van der Waals surface area contributed by atoms with Crippen molar-refractivity contribution in [1.29, 1.82) is 0 Å². The molecule has 0 spiro atoms. The van der Waals surface area contributed by atoms with Gasteiger partial charge in [-0.1, -0.05) is 24.8 Å². The van der Waals surface area contributed by atoms with Crippen LogP contribution in [0.15, 0.2) is 36.9 Å². The molecule has 16 heavy (non-hydrogen) atoms. The van der Waals surface area contributed by atoms with Crippen LogP contribution in [-0.4, -0.2) is 23.5 Å². The van der Waals surface area contributed by atoms with E-state index in [9.17, 15) is 4.79 Å². The van der Waals surface area contributed by atoms with Gasteiger partial charge in [0.1, 0.15) is 11.9 Å². The topological polar surface area (TPSA) is 29.5 Å². The minimum atomic E-state index is -0.0489. The summed E-state index contributed by atoms with van der Waals surface area (Å²) in [5.74, 6) is 0.821. The summed E-state index contributed by atoms with van der Waals surface area (Å²) in [5.41, 5.74) is 1.04. The van der Waals surface area contributed by atoms with Crippen molar-refractivity contribution in [2.24, 2.45) is 0 Å². The molecule has 3 heteroatoms. The van der Waals surface area contributed by atoms with Gasteiger partial charge >= 0.3 is 0 Å². The van der Waals surface area contributed by atoms with Gasteiger partial charge < -0.3 is 9.64 Å². The van der Waals surface area contributed by atoms with Crippen molar-refractivity contribution in [3.63, 3.8) is 0 Å². The van der Waals surface area contributed by atoms with Crippen LogP contribution >= 0.6 is 0 Å². The molecule has 0 saturated heterocycles. The molecule has 0 fully saturated rings. The summed E-state index contributed by atoms with van der Waals surface area (Å²) in [4.78, 5) is 13.4. The highest BCUT2D eigenvalue weighted by Crippen LogP contribution is 2.24. The predicted octanol–water partition coefficient (Wildman–Crippen LogP) is 1.98. The molecule has 3 nitrogen and oxygen atoms in total. The number of ether oxygens (including phenoxy) is 1. The maximum Gasteiger partial charge on any atom is 0.246 e. The molecule has 84 valence electrons. The van der Waals surface area contributed by atoms with Gasteiger partial charge in [0.25, 0.3) is 0 Å². The third-order valence-corrected chi connectivity index (χ3v) is 2.63. The smallest absolute Gasteiger partial charge is 0.246 e. The van der Waals surface area contributed by atoms with Gasteiger partial charge in [0.15, 0.2) is 0 Å². The monoisotopic (exact) mass is 217 g/mol. The average molecular weight is 217 g/mol. The zero-order chi connectivity index (χ0) is 11.5. The molecule has 1 aromatic carbocycles. The van der Waals surface area contributed by atoms with E-state index in [0.717, 1.165) is 11.3 Å². The number of hydrogen-bond donors (Lipinski definition) is 0. The Morgan fingerprint density at radius 1 is 1.56 bits per heavy atom. The Hall–Kier alpha value is -1.77. The van der Waals surface area contributed by atoms with Crippen molar-refractivity contribution in [2.75, 3.05) is 6.54 Å². The van der Waals surface area contributed by atoms with Gasteiger partial charge in [-0.25, -0.2) is 0 Å². The van der Waals surface area contributed by atoms with Crippen LogP contribution in [0, 0.1) is 0 Å². The number of carbonyl (C=O) groups is 1. The van der Waals surface area contributed by atoms with E-state index in [1.54, 1.807) is 4.90 Å². The van der Waals surface area contributed by atoms with Gasteiger partial charge in [0.05, 0.1) is 6.54 Å². The molecule has 0 aliphatic carbocycles. The second-order valence-corrected chi connectivity index (χ2v) is 3.96. The summed E-state index contributed by atoms with van der Waals surface area (Å²) in [7, 11) is 0. The van der Waals surface area contributed by atoms with Crippen molar-refractivity contribution in [3.8, 4) is 5.75 Å². The summed E-state index contributed by atoms with van der Waals surface area (Å²) in [6, 6.07) is 7.82. The summed E-state index contributed by atoms with van der Waals surface area (Å²) >= 11 is 0. The second-order valence-electron chi connectivity index (χ2n) is 3.96. The van der Waals surface area contributed by atoms with Crippen LogP contribution in [-0.2, 0) is 11.3 Å². The quantitative estimate of drug-likeness (QED) is 0.673. The van der Waals surface area contributed by atoms with Crippen LogP contribution in [0.4, 0.5) is 0 Å². The normalized spacial score (nSPS) is 19.3. The Labute approximate surface area is 95.3 Å². The zero-order valence-corrected chi connectivity index (χ0v) is 9.35. The van der Waals surface area contributed by atoms with Crippen LogP contribution in [0.25, 0.3) is 0 Å². The number of rotatable bonds is 1. The maximum atomic E-state index is 11.6. The lowest BCUT2D eigenvalue weighted by Crippen LogP contribution is -2.34. The lowest BCUT2D eigenvalue weighted by atomic mass is 10.2. The van der Waals surface area contributed by atoms with Gasteiger partial charge in [0.2, 0.25) is 5.91 Å². The Morgan fingerprint density at radius 3 is 3.06 bits per heavy atom. The molecule has 1 heterocycles. The first-order chi connectivity index (χ1) is 7.70. The number of hydrogen-bond acceptors (Lipinski definition) is 2. The van der Waals surface area contributed by atoms with Crippen molar-refractivity contribution >= 4 is 5.91 Å².